The number of nitrogens with one attached hydrogen (secondary N) is 1. The van der Waals surface area contributed by atoms with E-state index in [2.05, 4.69) is 10.4 Å². The smallest absolute Gasteiger partial charge is 0.262 e. The first-order valence-electron chi connectivity index (χ1n) is 7.38. The number of hydrogen-bond donors (Lipinski definition) is 1. The summed E-state index contributed by atoms with van der Waals surface area (Å²) in [5.74, 6) is -0.495. The molecule has 1 amide bonds. The van der Waals surface area contributed by atoms with Crippen LogP contribution in [0.5, 0.6) is 0 Å². The van der Waals surface area contributed by atoms with E-state index < -0.39 is 5.91 Å². The van der Waals surface area contributed by atoms with Crippen LogP contribution >= 0.6 is 23.2 Å². The van der Waals surface area contributed by atoms with Gasteiger partial charge in [0.1, 0.15) is 16.8 Å². The highest BCUT2D eigenvalue weighted by molar-refractivity contribution is 6.32. The molecule has 1 heterocycles. The van der Waals surface area contributed by atoms with E-state index in [1.165, 1.54) is 17.9 Å². The van der Waals surface area contributed by atoms with Crippen LogP contribution in [0, 0.1) is 18.3 Å². The van der Waals surface area contributed by atoms with Crippen LogP contribution in [-0.4, -0.2) is 35.9 Å². The van der Waals surface area contributed by atoms with Crippen LogP contribution in [0.4, 0.5) is 0 Å². The number of rotatable bonds is 6. The lowest BCUT2D eigenvalue weighted by Crippen LogP contribution is -2.27. The second kappa shape index (κ2) is 8.67. The maximum atomic E-state index is 12.1. The van der Waals surface area contributed by atoms with Crippen LogP contribution in [0.1, 0.15) is 11.3 Å². The first-order valence-corrected chi connectivity index (χ1v) is 8.13. The van der Waals surface area contributed by atoms with E-state index in [-0.39, 0.29) is 10.7 Å². The third-order valence-electron chi connectivity index (χ3n) is 3.35. The fraction of sp³-hybridized carbons (Fsp3) is 0.235. The lowest BCUT2D eigenvalue weighted by molar-refractivity contribution is -0.117. The highest BCUT2D eigenvalue weighted by Gasteiger charge is 2.16. The summed E-state index contributed by atoms with van der Waals surface area (Å²) >= 11 is 12.4. The molecular weight excluding hydrogens is 363 g/mol. The number of amides is 1. The average Bonchev–Trinajstić information content (AvgIpc) is 2.87. The quantitative estimate of drug-likeness (QED) is 0.475. The molecule has 0 aliphatic heterocycles. The maximum Gasteiger partial charge on any atom is 0.262 e. The summed E-state index contributed by atoms with van der Waals surface area (Å²) < 4.78 is 6.37. The highest BCUT2D eigenvalue weighted by Crippen LogP contribution is 2.26. The zero-order valence-electron chi connectivity index (χ0n) is 13.7. The van der Waals surface area contributed by atoms with Crippen molar-refractivity contribution in [3.63, 3.8) is 0 Å². The number of nitriles is 1. The molecular formula is C17H16Cl2N4O2. The number of methoxy groups -OCH3 is 1. The van der Waals surface area contributed by atoms with E-state index in [9.17, 15) is 10.1 Å². The predicted molar refractivity (Wildman–Crippen MR) is 96.8 cm³/mol. The molecule has 0 spiro atoms. The molecule has 0 fully saturated rings. The van der Waals surface area contributed by atoms with E-state index >= 15 is 0 Å². The fourth-order valence-electron chi connectivity index (χ4n) is 2.11. The van der Waals surface area contributed by atoms with Crippen molar-refractivity contribution < 1.29 is 9.53 Å². The molecule has 6 nitrogen and oxygen atoms in total. The Hall–Kier alpha value is -2.33. The minimum absolute atomic E-state index is 0.0632. The largest absolute Gasteiger partial charge is 0.383 e. The Morgan fingerprint density at radius 3 is 2.88 bits per heavy atom. The van der Waals surface area contributed by atoms with Gasteiger partial charge in [-0.3, -0.25) is 4.79 Å². The minimum Gasteiger partial charge on any atom is -0.383 e. The Labute approximate surface area is 155 Å². The van der Waals surface area contributed by atoms with E-state index in [1.54, 1.807) is 31.2 Å². The van der Waals surface area contributed by atoms with E-state index in [4.69, 9.17) is 27.9 Å². The molecule has 1 aromatic heterocycles. The minimum atomic E-state index is -0.495. The predicted octanol–water partition coefficient (Wildman–Crippen LogP) is 3.16. The zero-order valence-corrected chi connectivity index (χ0v) is 15.2. The monoisotopic (exact) mass is 378 g/mol. The third-order valence-corrected chi connectivity index (χ3v) is 3.95. The van der Waals surface area contributed by atoms with Crippen molar-refractivity contribution in [1.82, 2.24) is 15.1 Å². The molecule has 0 bridgehead atoms. The van der Waals surface area contributed by atoms with Crippen molar-refractivity contribution >= 4 is 35.2 Å². The molecule has 0 saturated heterocycles. The number of ether oxygens (including phenoxy) is 1. The van der Waals surface area contributed by atoms with Gasteiger partial charge in [0.25, 0.3) is 5.91 Å². The molecule has 8 heteroatoms. The van der Waals surface area contributed by atoms with Gasteiger partial charge in [-0.15, -0.1) is 0 Å². The average molecular weight is 379 g/mol. The van der Waals surface area contributed by atoms with Crippen molar-refractivity contribution in [2.24, 2.45) is 0 Å². The molecule has 0 aliphatic rings. The van der Waals surface area contributed by atoms with Gasteiger partial charge in [-0.25, -0.2) is 4.68 Å². The molecule has 0 atom stereocenters. The Morgan fingerprint density at radius 2 is 2.24 bits per heavy atom. The molecule has 2 rings (SSSR count). The second-order valence-corrected chi connectivity index (χ2v) is 5.89. The number of hydrogen-bond acceptors (Lipinski definition) is 4. The number of nitrogens with zero attached hydrogens (tertiary/aromatic N) is 3. The molecule has 0 radical (unpaired) electrons. The van der Waals surface area contributed by atoms with Gasteiger partial charge in [0.05, 0.1) is 18.0 Å². The lowest BCUT2D eigenvalue weighted by atomic mass is 10.1. The van der Waals surface area contributed by atoms with Gasteiger partial charge in [0.2, 0.25) is 0 Å². The molecule has 130 valence electrons. The topological polar surface area (TPSA) is 79.9 Å². The van der Waals surface area contributed by atoms with Gasteiger partial charge < -0.3 is 10.1 Å². The van der Waals surface area contributed by atoms with E-state index in [0.29, 0.717) is 35.1 Å². The molecule has 1 aromatic carbocycles. The number of carbonyl (C=O) groups excluding carboxylic acids is 1. The van der Waals surface area contributed by atoms with Crippen LogP contribution in [-0.2, 0) is 9.53 Å². The Morgan fingerprint density at radius 1 is 1.48 bits per heavy atom. The molecule has 0 aliphatic carbocycles. The molecule has 25 heavy (non-hydrogen) atoms. The Bertz CT molecular complexity index is 853. The maximum absolute atomic E-state index is 12.1. The van der Waals surface area contributed by atoms with Crippen LogP contribution in [0.3, 0.4) is 0 Å². The summed E-state index contributed by atoms with van der Waals surface area (Å²) in [5, 5.41) is 17.1. The molecule has 0 saturated carbocycles. The Kier molecular flexibility index (Phi) is 6.59. The van der Waals surface area contributed by atoms with Crippen molar-refractivity contribution in [3.05, 3.63) is 51.3 Å². The first kappa shape index (κ1) is 19.0. The molecule has 2 aromatic rings. The first-order chi connectivity index (χ1) is 12.0. The van der Waals surface area contributed by atoms with Crippen LogP contribution in [0.25, 0.3) is 11.8 Å². The number of halogens is 2. The van der Waals surface area contributed by atoms with Gasteiger partial charge in [0.15, 0.2) is 0 Å². The zero-order chi connectivity index (χ0) is 18.4. The SMILES string of the molecule is COCCNC(=O)/C(C#N)=C/c1c(C)nn(-c2cccc(Cl)c2)c1Cl. The summed E-state index contributed by atoms with van der Waals surface area (Å²) in [5.41, 5.74) is 1.71. The molecule has 0 unspecified atom stereocenters. The van der Waals surface area contributed by atoms with Crippen LogP contribution < -0.4 is 5.32 Å². The summed E-state index contributed by atoms with van der Waals surface area (Å²) in [6.07, 6.45) is 1.42. The van der Waals surface area contributed by atoms with Gasteiger partial charge in [-0.2, -0.15) is 10.4 Å². The number of carbonyl (C=O) groups is 1. The Balaban J connectivity index is 2.36. The number of benzene rings is 1. The van der Waals surface area contributed by atoms with Crippen molar-refractivity contribution in [3.8, 4) is 11.8 Å². The van der Waals surface area contributed by atoms with Crippen LogP contribution in [0.2, 0.25) is 10.2 Å². The van der Waals surface area contributed by atoms with E-state index in [0.717, 1.165) is 0 Å². The van der Waals surface area contributed by atoms with Gasteiger partial charge in [-0.05, 0) is 31.2 Å². The van der Waals surface area contributed by atoms with Gasteiger partial charge in [0, 0.05) is 24.2 Å². The lowest BCUT2D eigenvalue weighted by Gasteiger charge is -2.04. The molecule has 1 N–H and O–H groups in total. The fourth-order valence-corrected chi connectivity index (χ4v) is 2.62. The standard InChI is InChI=1S/C17H16Cl2N4O2/c1-11-15(8-12(10-20)17(24)21-6-7-25-2)16(19)23(22-11)14-5-3-4-13(18)9-14/h3-5,8-9H,6-7H2,1-2H3,(H,21,24)/b12-8+. The number of aryl methyl sites for hydroxylation is 1. The third kappa shape index (κ3) is 4.60. The summed E-state index contributed by atoms with van der Waals surface area (Å²) in [6.45, 7) is 2.41. The van der Waals surface area contributed by atoms with Gasteiger partial charge >= 0.3 is 0 Å². The van der Waals surface area contributed by atoms with Gasteiger partial charge in [-0.1, -0.05) is 29.3 Å². The van der Waals surface area contributed by atoms with Crippen molar-refractivity contribution in [2.45, 2.75) is 6.92 Å². The summed E-state index contributed by atoms with van der Waals surface area (Å²) in [6, 6.07) is 8.93. The van der Waals surface area contributed by atoms with E-state index in [1.807, 2.05) is 6.07 Å². The summed E-state index contributed by atoms with van der Waals surface area (Å²) in [4.78, 5) is 12.1. The van der Waals surface area contributed by atoms with Crippen molar-refractivity contribution in [2.75, 3.05) is 20.3 Å². The van der Waals surface area contributed by atoms with Crippen molar-refractivity contribution in [1.29, 1.82) is 5.26 Å². The second-order valence-electron chi connectivity index (χ2n) is 5.10. The normalized spacial score (nSPS) is 11.2. The number of aromatic nitrogens is 2. The highest BCUT2D eigenvalue weighted by atomic mass is 35.5. The summed E-state index contributed by atoms with van der Waals surface area (Å²) in [7, 11) is 1.53. The van der Waals surface area contributed by atoms with Crippen LogP contribution in [0.15, 0.2) is 29.8 Å².